The number of amides is 1. The van der Waals surface area contributed by atoms with Gasteiger partial charge in [-0.25, -0.2) is 4.79 Å². The predicted molar refractivity (Wildman–Crippen MR) is 91.9 cm³/mol. The van der Waals surface area contributed by atoms with Gasteiger partial charge in [-0.1, -0.05) is 42.5 Å². The Hall–Kier alpha value is -2.63. The number of ketones is 1. The molecule has 0 radical (unpaired) electrons. The summed E-state index contributed by atoms with van der Waals surface area (Å²) in [6.45, 7) is 5.43. The minimum atomic E-state index is -1.43. The summed E-state index contributed by atoms with van der Waals surface area (Å²) >= 11 is 0. The Kier molecular flexibility index (Phi) is 5.96. The van der Waals surface area contributed by atoms with Gasteiger partial charge in [-0.15, -0.1) is 0 Å². The molecule has 0 aliphatic heterocycles. The summed E-state index contributed by atoms with van der Waals surface area (Å²) in [5.41, 5.74) is 0.181. The zero-order valence-electron chi connectivity index (χ0n) is 14.5. The van der Waals surface area contributed by atoms with Crippen LogP contribution in [0, 0.1) is 12.3 Å². The van der Waals surface area contributed by atoms with Gasteiger partial charge in [-0.05, 0) is 25.3 Å². The summed E-state index contributed by atoms with van der Waals surface area (Å²) in [5, 5.41) is 2.69. The number of carbonyl (C=O) groups excluding carboxylic acids is 3. The average molecular weight is 345 g/mol. The minimum absolute atomic E-state index is 0.0333. The van der Waals surface area contributed by atoms with Crippen molar-refractivity contribution in [1.82, 2.24) is 5.32 Å². The van der Waals surface area contributed by atoms with Crippen LogP contribution in [-0.4, -0.2) is 31.6 Å². The molecule has 1 aromatic carbocycles. The highest BCUT2D eigenvalue weighted by Gasteiger charge is 2.56. The molecule has 1 amide bonds. The molecule has 6 nitrogen and oxygen atoms in total. The van der Waals surface area contributed by atoms with Gasteiger partial charge in [0.25, 0.3) is 0 Å². The van der Waals surface area contributed by atoms with Crippen LogP contribution in [0.5, 0.6) is 0 Å². The molecule has 1 aromatic rings. The van der Waals surface area contributed by atoms with E-state index in [1.807, 2.05) is 25.1 Å². The first-order valence-electron chi connectivity index (χ1n) is 8.18. The maximum atomic E-state index is 12.7. The molecule has 0 saturated heterocycles. The van der Waals surface area contributed by atoms with Crippen molar-refractivity contribution in [1.29, 1.82) is 0 Å². The fourth-order valence-corrected chi connectivity index (χ4v) is 3.35. The number of hydrogen-bond acceptors (Lipinski definition) is 5. The molecule has 1 aliphatic carbocycles. The van der Waals surface area contributed by atoms with Gasteiger partial charge in [-0.2, -0.15) is 0 Å². The lowest BCUT2D eigenvalue weighted by Gasteiger charge is -2.34. The zero-order chi connectivity index (χ0) is 18.4. The predicted octanol–water partition coefficient (Wildman–Crippen LogP) is 2.86. The summed E-state index contributed by atoms with van der Waals surface area (Å²) in [4.78, 5) is 37.4. The van der Waals surface area contributed by atoms with E-state index < -0.39 is 23.5 Å². The molecule has 1 fully saturated rings. The fraction of sp³-hybridized carbons (Fsp3) is 0.421. The third kappa shape index (κ3) is 3.73. The lowest BCUT2D eigenvalue weighted by atomic mass is 9.74. The van der Waals surface area contributed by atoms with Crippen molar-refractivity contribution < 1.29 is 23.9 Å². The second-order valence-electron chi connectivity index (χ2n) is 6.12. The number of methoxy groups -OCH3 is 1. The topological polar surface area (TPSA) is 81.7 Å². The van der Waals surface area contributed by atoms with E-state index in [9.17, 15) is 14.4 Å². The lowest BCUT2D eigenvalue weighted by molar-refractivity contribution is -0.158. The van der Waals surface area contributed by atoms with Gasteiger partial charge < -0.3 is 14.8 Å². The van der Waals surface area contributed by atoms with E-state index in [0.717, 1.165) is 5.56 Å². The molecule has 6 heteroatoms. The van der Waals surface area contributed by atoms with Crippen LogP contribution in [0.25, 0.3) is 0 Å². The van der Waals surface area contributed by atoms with Gasteiger partial charge in [0.2, 0.25) is 0 Å². The molecular weight excluding hydrogens is 322 g/mol. The summed E-state index contributed by atoms with van der Waals surface area (Å²) in [7, 11) is 1.25. The van der Waals surface area contributed by atoms with Crippen molar-refractivity contribution in [2.45, 2.75) is 32.2 Å². The Morgan fingerprint density at radius 1 is 1.44 bits per heavy atom. The Bertz CT molecular complexity index is 684. The molecule has 2 atom stereocenters. The smallest absolute Gasteiger partial charge is 0.407 e. The van der Waals surface area contributed by atoms with Gasteiger partial charge in [-0.3, -0.25) is 9.59 Å². The maximum absolute atomic E-state index is 12.7. The van der Waals surface area contributed by atoms with Crippen molar-refractivity contribution in [2.75, 3.05) is 13.7 Å². The summed E-state index contributed by atoms with van der Waals surface area (Å²) in [5.74, 6) is -0.861. The molecular formula is C19H23NO5. The Labute approximate surface area is 147 Å². The zero-order valence-corrected chi connectivity index (χ0v) is 14.5. The lowest BCUT2D eigenvalue weighted by Crippen LogP contribution is -2.49. The first-order chi connectivity index (χ1) is 12.0. The van der Waals surface area contributed by atoms with Crippen molar-refractivity contribution in [3.63, 3.8) is 0 Å². The Morgan fingerprint density at radius 3 is 2.76 bits per heavy atom. The first-order valence-corrected chi connectivity index (χ1v) is 8.18. The van der Waals surface area contributed by atoms with Gasteiger partial charge in [0, 0.05) is 6.42 Å². The monoisotopic (exact) mass is 345 g/mol. The standard InChI is InChI=1S/C19H23NO5/c1-4-11-25-18(23)20-16(14-8-5-7-13(2)12-14)19(17(22)24-3)10-6-9-15(19)21/h4-5,7-8,12,16H,1,6,9-11H2,2-3H3,(H,20,23)/t16-,19-/m0/s1. The second kappa shape index (κ2) is 7.96. The fourth-order valence-electron chi connectivity index (χ4n) is 3.35. The van der Waals surface area contributed by atoms with Crippen LogP contribution >= 0.6 is 0 Å². The van der Waals surface area contributed by atoms with Crippen LogP contribution < -0.4 is 5.32 Å². The number of esters is 1. The molecule has 134 valence electrons. The van der Waals surface area contributed by atoms with E-state index in [1.165, 1.54) is 13.2 Å². The SMILES string of the molecule is C=CCOC(=O)N[C@@H](c1cccc(C)c1)[C@]1(C(=O)OC)CCCC1=O. The van der Waals surface area contributed by atoms with E-state index in [2.05, 4.69) is 11.9 Å². The van der Waals surface area contributed by atoms with Crippen LogP contribution in [0.3, 0.4) is 0 Å². The number of hydrogen-bond donors (Lipinski definition) is 1. The molecule has 25 heavy (non-hydrogen) atoms. The second-order valence-corrected chi connectivity index (χ2v) is 6.12. The van der Waals surface area contributed by atoms with E-state index in [4.69, 9.17) is 9.47 Å². The minimum Gasteiger partial charge on any atom is -0.468 e. The van der Waals surface area contributed by atoms with Crippen LogP contribution in [-0.2, 0) is 19.1 Å². The largest absolute Gasteiger partial charge is 0.468 e. The van der Waals surface area contributed by atoms with Crippen molar-refractivity contribution >= 4 is 17.8 Å². The molecule has 1 saturated carbocycles. The van der Waals surface area contributed by atoms with Gasteiger partial charge in [0.15, 0.2) is 11.2 Å². The molecule has 0 spiro atoms. The molecule has 1 aliphatic rings. The van der Waals surface area contributed by atoms with Crippen LogP contribution in [0.15, 0.2) is 36.9 Å². The van der Waals surface area contributed by atoms with Crippen molar-refractivity contribution in [3.05, 3.63) is 48.0 Å². The highest BCUT2D eigenvalue weighted by atomic mass is 16.5. The van der Waals surface area contributed by atoms with Gasteiger partial charge in [0.05, 0.1) is 13.2 Å². The molecule has 0 aromatic heterocycles. The Balaban J connectivity index is 2.48. The number of benzene rings is 1. The number of rotatable bonds is 6. The number of alkyl carbamates (subject to hydrolysis) is 1. The number of ether oxygens (including phenoxy) is 2. The molecule has 0 unspecified atom stereocenters. The number of nitrogens with one attached hydrogen (secondary N) is 1. The van der Waals surface area contributed by atoms with Gasteiger partial charge >= 0.3 is 12.1 Å². The molecule has 0 bridgehead atoms. The highest BCUT2D eigenvalue weighted by molar-refractivity contribution is 6.06. The summed E-state index contributed by atoms with van der Waals surface area (Å²) in [6, 6.07) is 6.49. The maximum Gasteiger partial charge on any atom is 0.407 e. The number of aryl methyl sites for hydroxylation is 1. The summed E-state index contributed by atoms with van der Waals surface area (Å²) in [6.07, 6.45) is 1.89. The quantitative estimate of drug-likeness (QED) is 0.487. The molecule has 2 rings (SSSR count). The third-order valence-electron chi connectivity index (χ3n) is 4.48. The van der Waals surface area contributed by atoms with Crippen molar-refractivity contribution in [2.24, 2.45) is 5.41 Å². The normalized spacial score (nSPS) is 20.6. The van der Waals surface area contributed by atoms with Gasteiger partial charge in [0.1, 0.15) is 6.61 Å². The molecule has 0 heterocycles. The van der Waals surface area contributed by atoms with Crippen LogP contribution in [0.1, 0.15) is 36.4 Å². The molecule has 1 N–H and O–H groups in total. The van der Waals surface area contributed by atoms with Crippen molar-refractivity contribution in [3.8, 4) is 0 Å². The summed E-state index contributed by atoms with van der Waals surface area (Å²) < 4.78 is 9.93. The van der Waals surface area contributed by atoms with E-state index in [1.54, 1.807) is 6.07 Å². The Morgan fingerprint density at radius 2 is 2.20 bits per heavy atom. The van der Waals surface area contributed by atoms with Crippen LogP contribution in [0.4, 0.5) is 4.79 Å². The van der Waals surface area contributed by atoms with E-state index in [0.29, 0.717) is 18.4 Å². The third-order valence-corrected chi connectivity index (χ3v) is 4.48. The highest BCUT2D eigenvalue weighted by Crippen LogP contribution is 2.46. The first kappa shape index (κ1) is 18.7. The number of Topliss-reactive ketones (excluding diaryl/α,β-unsaturated/α-hetero) is 1. The number of carbonyl (C=O) groups is 3. The van der Waals surface area contributed by atoms with Crippen LogP contribution in [0.2, 0.25) is 0 Å². The van der Waals surface area contributed by atoms with E-state index >= 15 is 0 Å². The average Bonchev–Trinajstić information content (AvgIpc) is 2.99. The van der Waals surface area contributed by atoms with E-state index in [-0.39, 0.29) is 18.8 Å².